The van der Waals surface area contributed by atoms with Gasteiger partial charge in [0.1, 0.15) is 11.3 Å². The lowest BCUT2D eigenvalue weighted by molar-refractivity contribution is -0.118. The van der Waals surface area contributed by atoms with Crippen LogP contribution in [0.2, 0.25) is 0 Å². The number of amides is 1. The van der Waals surface area contributed by atoms with Crippen molar-refractivity contribution in [2.45, 2.75) is 18.8 Å². The standard InChI is InChI=1S/C10H11ClN4O/c11-5-10-14-7-6-13-3-1-8(7)15(10)4-2-9(12)16/h1,3,6H,2,4-5H2,(H2,12,16). The van der Waals surface area contributed by atoms with Crippen LogP contribution in [0.4, 0.5) is 0 Å². The average Bonchev–Trinajstić information content (AvgIpc) is 2.64. The third-order valence-corrected chi connectivity index (χ3v) is 2.57. The molecule has 84 valence electrons. The number of imidazole rings is 1. The zero-order chi connectivity index (χ0) is 11.5. The lowest BCUT2D eigenvalue weighted by atomic mass is 10.3. The lowest BCUT2D eigenvalue weighted by Crippen LogP contribution is -2.14. The SMILES string of the molecule is NC(=O)CCn1c(CCl)nc2cnccc21. The molecule has 5 nitrogen and oxygen atoms in total. The van der Waals surface area contributed by atoms with Crippen LogP contribution < -0.4 is 5.73 Å². The summed E-state index contributed by atoms with van der Waals surface area (Å²) in [6.07, 6.45) is 3.63. The van der Waals surface area contributed by atoms with Gasteiger partial charge in [-0.25, -0.2) is 4.98 Å². The van der Waals surface area contributed by atoms with Crippen molar-refractivity contribution in [3.05, 3.63) is 24.3 Å². The summed E-state index contributed by atoms with van der Waals surface area (Å²) in [5.41, 5.74) is 6.83. The first kappa shape index (κ1) is 10.9. The summed E-state index contributed by atoms with van der Waals surface area (Å²) in [5.74, 6) is 0.690. The van der Waals surface area contributed by atoms with Crippen molar-refractivity contribution in [2.24, 2.45) is 5.73 Å². The van der Waals surface area contributed by atoms with Gasteiger partial charge in [-0.05, 0) is 6.07 Å². The number of carbonyl (C=O) groups excluding carboxylic acids is 1. The normalized spacial score (nSPS) is 10.8. The molecule has 0 aromatic carbocycles. The Balaban J connectivity index is 2.43. The van der Waals surface area contributed by atoms with Crippen LogP contribution in [-0.2, 0) is 17.2 Å². The Bertz CT molecular complexity index is 523. The number of primary amides is 1. The van der Waals surface area contributed by atoms with Crippen molar-refractivity contribution in [3.8, 4) is 0 Å². The third-order valence-electron chi connectivity index (χ3n) is 2.33. The molecule has 2 N–H and O–H groups in total. The van der Waals surface area contributed by atoms with Crippen LogP contribution in [0.1, 0.15) is 12.2 Å². The Morgan fingerprint density at radius 2 is 2.38 bits per heavy atom. The Morgan fingerprint density at radius 3 is 3.06 bits per heavy atom. The van der Waals surface area contributed by atoms with Crippen molar-refractivity contribution in [3.63, 3.8) is 0 Å². The highest BCUT2D eigenvalue weighted by Crippen LogP contribution is 2.16. The number of aromatic nitrogens is 3. The molecule has 0 saturated carbocycles. The Hall–Kier alpha value is -1.62. The van der Waals surface area contributed by atoms with Gasteiger partial charge in [-0.2, -0.15) is 0 Å². The number of carbonyl (C=O) groups is 1. The number of fused-ring (bicyclic) bond motifs is 1. The molecule has 2 aromatic rings. The molecular formula is C10H11ClN4O. The van der Waals surface area contributed by atoms with E-state index in [9.17, 15) is 4.79 Å². The maximum Gasteiger partial charge on any atom is 0.219 e. The lowest BCUT2D eigenvalue weighted by Gasteiger charge is -2.05. The Morgan fingerprint density at radius 1 is 1.56 bits per heavy atom. The summed E-state index contributed by atoms with van der Waals surface area (Å²) in [4.78, 5) is 19.1. The molecule has 16 heavy (non-hydrogen) atoms. The molecule has 0 saturated heterocycles. The second kappa shape index (κ2) is 4.49. The molecule has 1 amide bonds. The topological polar surface area (TPSA) is 73.8 Å². The average molecular weight is 239 g/mol. The predicted molar refractivity (Wildman–Crippen MR) is 60.9 cm³/mol. The molecule has 0 spiro atoms. The number of hydrogen-bond acceptors (Lipinski definition) is 3. The van der Waals surface area contributed by atoms with E-state index >= 15 is 0 Å². The molecule has 2 aromatic heterocycles. The summed E-state index contributed by atoms with van der Waals surface area (Å²) in [6.45, 7) is 0.498. The van der Waals surface area contributed by atoms with Crippen LogP contribution in [0.25, 0.3) is 11.0 Å². The largest absolute Gasteiger partial charge is 0.370 e. The van der Waals surface area contributed by atoms with Gasteiger partial charge < -0.3 is 10.3 Å². The quantitative estimate of drug-likeness (QED) is 0.809. The Kier molecular flexibility index (Phi) is 3.05. The molecule has 0 radical (unpaired) electrons. The summed E-state index contributed by atoms with van der Waals surface area (Å²) < 4.78 is 1.90. The zero-order valence-corrected chi connectivity index (χ0v) is 9.31. The fourth-order valence-electron chi connectivity index (χ4n) is 1.61. The second-order valence-corrected chi connectivity index (χ2v) is 3.66. The van der Waals surface area contributed by atoms with Gasteiger partial charge in [0.25, 0.3) is 0 Å². The number of hydrogen-bond donors (Lipinski definition) is 1. The van der Waals surface area contributed by atoms with E-state index in [1.807, 2.05) is 10.6 Å². The van der Waals surface area contributed by atoms with Gasteiger partial charge in [-0.15, -0.1) is 11.6 Å². The summed E-state index contributed by atoms with van der Waals surface area (Å²) in [6, 6.07) is 1.85. The van der Waals surface area contributed by atoms with E-state index in [1.165, 1.54) is 0 Å². The summed E-state index contributed by atoms with van der Waals surface area (Å²) >= 11 is 5.80. The summed E-state index contributed by atoms with van der Waals surface area (Å²) in [7, 11) is 0. The minimum atomic E-state index is -0.337. The molecule has 2 rings (SSSR count). The molecule has 6 heteroatoms. The van der Waals surface area contributed by atoms with E-state index < -0.39 is 0 Å². The van der Waals surface area contributed by atoms with Gasteiger partial charge in [-0.1, -0.05) is 0 Å². The number of nitrogens with zero attached hydrogens (tertiary/aromatic N) is 3. The molecule has 2 heterocycles. The van der Waals surface area contributed by atoms with E-state index in [4.69, 9.17) is 17.3 Å². The maximum atomic E-state index is 10.8. The second-order valence-electron chi connectivity index (χ2n) is 3.39. The molecular weight excluding hydrogens is 228 g/mol. The summed E-state index contributed by atoms with van der Waals surface area (Å²) in [5, 5.41) is 0. The van der Waals surface area contributed by atoms with Gasteiger partial charge in [-0.3, -0.25) is 9.78 Å². The fourth-order valence-corrected chi connectivity index (χ4v) is 1.81. The van der Waals surface area contributed by atoms with Crippen molar-refractivity contribution in [1.29, 1.82) is 0 Å². The minimum absolute atomic E-state index is 0.275. The highest BCUT2D eigenvalue weighted by molar-refractivity contribution is 6.16. The number of pyridine rings is 1. The van der Waals surface area contributed by atoms with Gasteiger partial charge in [0.05, 0.1) is 17.6 Å². The van der Waals surface area contributed by atoms with Gasteiger partial charge in [0, 0.05) is 19.2 Å². The van der Waals surface area contributed by atoms with Crippen LogP contribution in [0, 0.1) is 0 Å². The van der Waals surface area contributed by atoms with Crippen molar-refractivity contribution >= 4 is 28.5 Å². The molecule has 0 aliphatic carbocycles. The third kappa shape index (κ3) is 1.99. The van der Waals surface area contributed by atoms with E-state index in [2.05, 4.69) is 9.97 Å². The zero-order valence-electron chi connectivity index (χ0n) is 8.56. The van der Waals surface area contributed by atoms with Gasteiger partial charge in [0.15, 0.2) is 0 Å². The number of aryl methyl sites for hydroxylation is 1. The number of rotatable bonds is 4. The van der Waals surface area contributed by atoms with E-state index in [0.717, 1.165) is 16.9 Å². The van der Waals surface area contributed by atoms with Gasteiger partial charge in [0.2, 0.25) is 5.91 Å². The highest BCUT2D eigenvalue weighted by atomic mass is 35.5. The van der Waals surface area contributed by atoms with Crippen molar-refractivity contribution in [1.82, 2.24) is 14.5 Å². The number of nitrogens with two attached hydrogens (primary N) is 1. The van der Waals surface area contributed by atoms with Crippen LogP contribution in [-0.4, -0.2) is 20.4 Å². The van der Waals surface area contributed by atoms with Crippen LogP contribution in [0.15, 0.2) is 18.5 Å². The smallest absolute Gasteiger partial charge is 0.219 e. The van der Waals surface area contributed by atoms with E-state index in [-0.39, 0.29) is 12.3 Å². The minimum Gasteiger partial charge on any atom is -0.370 e. The predicted octanol–water partition coefficient (Wildman–Crippen LogP) is 1.05. The first-order chi connectivity index (χ1) is 7.72. The monoisotopic (exact) mass is 238 g/mol. The number of halogens is 1. The van der Waals surface area contributed by atoms with Gasteiger partial charge >= 0.3 is 0 Å². The first-order valence-electron chi connectivity index (χ1n) is 4.85. The van der Waals surface area contributed by atoms with Crippen molar-refractivity contribution < 1.29 is 4.79 Å². The van der Waals surface area contributed by atoms with Crippen LogP contribution >= 0.6 is 11.6 Å². The molecule has 0 atom stereocenters. The molecule has 0 unspecified atom stereocenters. The molecule has 0 fully saturated rings. The van der Waals surface area contributed by atoms with Crippen molar-refractivity contribution in [2.75, 3.05) is 0 Å². The maximum absolute atomic E-state index is 10.8. The molecule has 0 bridgehead atoms. The van der Waals surface area contributed by atoms with Crippen LogP contribution in [0.3, 0.4) is 0 Å². The fraction of sp³-hybridized carbons (Fsp3) is 0.300. The van der Waals surface area contributed by atoms with E-state index in [0.29, 0.717) is 12.4 Å². The van der Waals surface area contributed by atoms with Crippen LogP contribution in [0.5, 0.6) is 0 Å². The Labute approximate surface area is 97.2 Å². The molecule has 0 aliphatic rings. The first-order valence-corrected chi connectivity index (χ1v) is 5.39. The van der Waals surface area contributed by atoms with E-state index in [1.54, 1.807) is 12.4 Å². The molecule has 0 aliphatic heterocycles. The highest BCUT2D eigenvalue weighted by Gasteiger charge is 2.10. The number of alkyl halides is 1.